The van der Waals surface area contributed by atoms with Crippen LogP contribution in [0.5, 0.6) is 0 Å². The Kier molecular flexibility index (Phi) is 19.5. The zero-order valence-electron chi connectivity index (χ0n) is 20.8. The molecular formula is C26H47NO6. The van der Waals surface area contributed by atoms with Crippen molar-refractivity contribution in [2.45, 2.75) is 110 Å². The van der Waals surface area contributed by atoms with E-state index in [9.17, 15) is 19.5 Å². The highest BCUT2D eigenvalue weighted by Gasteiger charge is 2.25. The van der Waals surface area contributed by atoms with Crippen molar-refractivity contribution in [3.63, 3.8) is 0 Å². The lowest BCUT2D eigenvalue weighted by molar-refractivity contribution is -0.928. The van der Waals surface area contributed by atoms with Gasteiger partial charge in [0.1, 0.15) is 0 Å². The molecule has 0 aliphatic carbocycles. The first-order valence-corrected chi connectivity index (χ1v) is 12.9. The zero-order valence-corrected chi connectivity index (χ0v) is 20.8. The van der Waals surface area contributed by atoms with E-state index in [0.717, 1.165) is 62.8 Å². The molecule has 0 saturated heterocycles. The number of carboxylic acid groups (broad SMARTS) is 3. The van der Waals surface area contributed by atoms with Crippen molar-refractivity contribution < 1.29 is 34.2 Å². The average Bonchev–Trinajstić information content (AvgIpc) is 2.75. The molecule has 2 N–H and O–H groups in total. The van der Waals surface area contributed by atoms with Gasteiger partial charge in [0.2, 0.25) is 0 Å². The molecule has 0 rings (SSSR count). The number of quaternary nitrogens is 1. The third kappa shape index (κ3) is 20.4. The van der Waals surface area contributed by atoms with Gasteiger partial charge in [-0.05, 0) is 57.8 Å². The summed E-state index contributed by atoms with van der Waals surface area (Å²) in [5, 5.41) is 28.7. The number of carboxylic acids is 3. The van der Waals surface area contributed by atoms with Crippen molar-refractivity contribution in [1.29, 1.82) is 0 Å². The van der Waals surface area contributed by atoms with Crippen LogP contribution in [0.1, 0.15) is 110 Å². The van der Waals surface area contributed by atoms with Gasteiger partial charge in [0.15, 0.2) is 0 Å². The third-order valence-electron chi connectivity index (χ3n) is 6.22. The number of unbranched alkanes of at least 4 members (excludes halogenated alkanes) is 8. The normalized spacial score (nSPS) is 11.8. The number of hydrogen-bond acceptors (Lipinski definition) is 4. The Morgan fingerprint density at radius 1 is 0.636 bits per heavy atom. The van der Waals surface area contributed by atoms with Crippen molar-refractivity contribution in [1.82, 2.24) is 0 Å². The summed E-state index contributed by atoms with van der Waals surface area (Å²) in [7, 11) is 0. The van der Waals surface area contributed by atoms with E-state index in [1.807, 2.05) is 0 Å². The van der Waals surface area contributed by atoms with Gasteiger partial charge in [-0.15, -0.1) is 0 Å². The SMILES string of the molecule is CCCCCCC/C=C/CC[N+](CCCCC(=O)[O-])(CCCCC(=O)O)CCCCC(=O)O. The van der Waals surface area contributed by atoms with Crippen molar-refractivity contribution in [3.8, 4) is 0 Å². The molecular weight excluding hydrogens is 422 g/mol. The zero-order chi connectivity index (χ0) is 24.8. The topological polar surface area (TPSA) is 115 Å². The Hall–Kier alpha value is -1.89. The number of aliphatic carboxylic acids is 3. The Balaban J connectivity index is 4.90. The number of carbonyl (C=O) groups is 3. The lowest BCUT2D eigenvalue weighted by Crippen LogP contribution is -2.50. The molecule has 33 heavy (non-hydrogen) atoms. The summed E-state index contributed by atoms with van der Waals surface area (Å²) < 4.78 is 0.799. The van der Waals surface area contributed by atoms with Crippen LogP contribution in [0.2, 0.25) is 0 Å². The Bertz CT molecular complexity index is 506. The molecule has 0 aliphatic rings. The van der Waals surface area contributed by atoms with Crippen LogP contribution in [0, 0.1) is 0 Å². The highest BCUT2D eigenvalue weighted by molar-refractivity contribution is 5.66. The Labute approximate surface area is 200 Å². The van der Waals surface area contributed by atoms with E-state index < -0.39 is 17.9 Å². The van der Waals surface area contributed by atoms with Crippen molar-refractivity contribution in [3.05, 3.63) is 12.2 Å². The second-order valence-corrected chi connectivity index (χ2v) is 9.23. The van der Waals surface area contributed by atoms with Gasteiger partial charge < -0.3 is 24.6 Å². The highest BCUT2D eigenvalue weighted by Crippen LogP contribution is 2.18. The van der Waals surface area contributed by atoms with Crippen molar-refractivity contribution in [2.24, 2.45) is 0 Å². The first-order valence-electron chi connectivity index (χ1n) is 12.9. The molecule has 7 nitrogen and oxygen atoms in total. The molecule has 0 amide bonds. The lowest BCUT2D eigenvalue weighted by atomic mass is 10.1. The smallest absolute Gasteiger partial charge is 0.303 e. The molecule has 0 heterocycles. The van der Waals surface area contributed by atoms with E-state index in [4.69, 9.17) is 10.2 Å². The van der Waals surface area contributed by atoms with E-state index in [2.05, 4.69) is 19.1 Å². The molecule has 0 aliphatic heterocycles. The van der Waals surface area contributed by atoms with Gasteiger partial charge in [0, 0.05) is 25.2 Å². The van der Waals surface area contributed by atoms with Gasteiger partial charge in [-0.25, -0.2) is 0 Å². The van der Waals surface area contributed by atoms with Crippen LogP contribution in [0.3, 0.4) is 0 Å². The minimum atomic E-state index is -1.03. The number of nitrogens with zero attached hydrogens (tertiary/aromatic N) is 1. The van der Waals surface area contributed by atoms with Crippen LogP contribution in [0.15, 0.2) is 12.2 Å². The lowest BCUT2D eigenvalue weighted by Gasteiger charge is -2.39. The van der Waals surface area contributed by atoms with Crippen LogP contribution in [-0.2, 0) is 14.4 Å². The van der Waals surface area contributed by atoms with Crippen LogP contribution >= 0.6 is 0 Å². The maximum absolute atomic E-state index is 10.9. The van der Waals surface area contributed by atoms with Gasteiger partial charge in [-0.3, -0.25) is 9.59 Å². The first kappa shape index (κ1) is 31.1. The van der Waals surface area contributed by atoms with Crippen LogP contribution in [-0.4, -0.2) is 58.8 Å². The molecule has 7 heteroatoms. The maximum atomic E-state index is 10.9. The molecule has 0 fully saturated rings. The van der Waals surface area contributed by atoms with E-state index in [1.54, 1.807) is 0 Å². The van der Waals surface area contributed by atoms with Gasteiger partial charge in [-0.2, -0.15) is 0 Å². The van der Waals surface area contributed by atoms with E-state index in [-0.39, 0.29) is 19.3 Å². The van der Waals surface area contributed by atoms with Gasteiger partial charge in [0.25, 0.3) is 0 Å². The standard InChI is InChI=1S/C26H47NO6/c1-2-3-4-5-6-7-8-9-13-20-27(21-14-10-17-24(28)29,22-15-11-18-25(30)31)23-16-12-19-26(32)33/h8-9H,2-7,10-23H2,1H3,(H2-,28,29,30,31,32,33)/b9-8+. The van der Waals surface area contributed by atoms with Gasteiger partial charge >= 0.3 is 11.9 Å². The average molecular weight is 470 g/mol. The summed E-state index contributed by atoms with van der Waals surface area (Å²) in [5.41, 5.74) is 0. The summed E-state index contributed by atoms with van der Waals surface area (Å²) in [6.45, 7) is 5.65. The number of rotatable bonds is 24. The number of hydrogen-bond donors (Lipinski definition) is 2. The molecule has 192 valence electrons. The largest absolute Gasteiger partial charge is 0.550 e. The first-order chi connectivity index (χ1) is 15.8. The van der Waals surface area contributed by atoms with Crippen LogP contribution < -0.4 is 5.11 Å². The molecule has 0 aromatic carbocycles. The molecule has 0 atom stereocenters. The summed E-state index contributed by atoms with van der Waals surface area (Å²) in [5.74, 6) is -2.60. The summed E-state index contributed by atoms with van der Waals surface area (Å²) in [6, 6.07) is 0. The van der Waals surface area contributed by atoms with E-state index >= 15 is 0 Å². The summed E-state index contributed by atoms with van der Waals surface area (Å²) in [4.78, 5) is 32.6. The minimum Gasteiger partial charge on any atom is -0.550 e. The Morgan fingerprint density at radius 2 is 1.12 bits per heavy atom. The maximum Gasteiger partial charge on any atom is 0.303 e. The molecule has 0 radical (unpaired) electrons. The fourth-order valence-corrected chi connectivity index (χ4v) is 4.28. The predicted molar refractivity (Wildman–Crippen MR) is 129 cm³/mol. The Morgan fingerprint density at radius 3 is 1.61 bits per heavy atom. The van der Waals surface area contributed by atoms with Crippen LogP contribution in [0.25, 0.3) is 0 Å². The quantitative estimate of drug-likeness (QED) is 0.122. The van der Waals surface area contributed by atoms with Crippen molar-refractivity contribution >= 4 is 17.9 Å². The molecule has 0 aromatic rings. The monoisotopic (exact) mass is 469 g/mol. The molecule has 0 spiro atoms. The number of carbonyl (C=O) groups excluding carboxylic acids is 1. The molecule has 0 aromatic heterocycles. The van der Waals surface area contributed by atoms with Gasteiger partial charge in [0.05, 0.1) is 26.2 Å². The van der Waals surface area contributed by atoms with Crippen LogP contribution in [0.4, 0.5) is 0 Å². The minimum absolute atomic E-state index is 0.0516. The predicted octanol–water partition coefficient (Wildman–Crippen LogP) is 4.54. The fraction of sp³-hybridized carbons (Fsp3) is 0.808. The molecule has 0 saturated carbocycles. The highest BCUT2D eigenvalue weighted by atomic mass is 16.4. The van der Waals surface area contributed by atoms with Crippen molar-refractivity contribution in [2.75, 3.05) is 26.2 Å². The number of allylic oxidation sites excluding steroid dienone is 1. The third-order valence-corrected chi connectivity index (χ3v) is 6.22. The fourth-order valence-electron chi connectivity index (χ4n) is 4.28. The summed E-state index contributed by atoms with van der Waals surface area (Å²) >= 11 is 0. The van der Waals surface area contributed by atoms with E-state index in [1.165, 1.54) is 32.1 Å². The second kappa shape index (κ2) is 20.7. The summed E-state index contributed by atoms with van der Waals surface area (Å²) in [6.07, 6.45) is 17.4. The van der Waals surface area contributed by atoms with E-state index in [0.29, 0.717) is 19.3 Å². The van der Waals surface area contributed by atoms with Gasteiger partial charge in [-0.1, -0.05) is 44.8 Å². The second-order valence-electron chi connectivity index (χ2n) is 9.23. The molecule has 0 bridgehead atoms. The molecule has 0 unspecified atom stereocenters.